The van der Waals surface area contributed by atoms with Gasteiger partial charge in [-0.3, -0.25) is 4.79 Å². The summed E-state index contributed by atoms with van der Waals surface area (Å²) < 4.78 is 5.24. The van der Waals surface area contributed by atoms with E-state index in [2.05, 4.69) is 5.32 Å². The SMILES string of the molecule is CCC(O)CNC(=O)COc1ccc(N)cc1. The van der Waals surface area contributed by atoms with Crippen LogP contribution in [0.25, 0.3) is 0 Å². The number of carbonyl (C=O) groups is 1. The average molecular weight is 238 g/mol. The van der Waals surface area contributed by atoms with Crippen LogP contribution in [0.5, 0.6) is 5.75 Å². The number of amides is 1. The fourth-order valence-corrected chi connectivity index (χ4v) is 1.14. The molecule has 0 aliphatic heterocycles. The normalized spacial score (nSPS) is 11.9. The second kappa shape index (κ2) is 6.75. The molecule has 1 atom stereocenters. The molecule has 94 valence electrons. The maximum atomic E-state index is 11.3. The fraction of sp³-hybridized carbons (Fsp3) is 0.417. The van der Waals surface area contributed by atoms with Crippen LogP contribution in [0.15, 0.2) is 24.3 Å². The van der Waals surface area contributed by atoms with Crippen molar-refractivity contribution in [1.29, 1.82) is 0 Å². The Morgan fingerprint density at radius 2 is 2.12 bits per heavy atom. The molecule has 0 radical (unpaired) electrons. The Morgan fingerprint density at radius 3 is 2.71 bits per heavy atom. The number of rotatable bonds is 6. The van der Waals surface area contributed by atoms with E-state index >= 15 is 0 Å². The number of hydrogen-bond donors (Lipinski definition) is 3. The van der Waals surface area contributed by atoms with Crippen molar-refractivity contribution in [3.63, 3.8) is 0 Å². The zero-order valence-electron chi connectivity index (χ0n) is 9.85. The summed E-state index contributed by atoms with van der Waals surface area (Å²) in [5.41, 5.74) is 6.16. The van der Waals surface area contributed by atoms with Gasteiger partial charge in [0.05, 0.1) is 6.10 Å². The van der Waals surface area contributed by atoms with Gasteiger partial charge in [-0.05, 0) is 30.7 Å². The monoisotopic (exact) mass is 238 g/mol. The fourth-order valence-electron chi connectivity index (χ4n) is 1.14. The largest absolute Gasteiger partial charge is 0.484 e. The lowest BCUT2D eigenvalue weighted by atomic mass is 10.3. The third-order valence-corrected chi connectivity index (χ3v) is 2.26. The molecule has 0 bridgehead atoms. The van der Waals surface area contributed by atoms with Gasteiger partial charge in [-0.15, -0.1) is 0 Å². The quantitative estimate of drug-likeness (QED) is 0.631. The first-order valence-electron chi connectivity index (χ1n) is 5.55. The van der Waals surface area contributed by atoms with Crippen molar-refractivity contribution in [2.45, 2.75) is 19.4 Å². The first-order chi connectivity index (χ1) is 8.11. The minimum absolute atomic E-state index is 0.0691. The third kappa shape index (κ3) is 5.21. The van der Waals surface area contributed by atoms with Gasteiger partial charge in [-0.1, -0.05) is 6.92 Å². The maximum Gasteiger partial charge on any atom is 0.258 e. The molecule has 1 unspecified atom stereocenters. The molecule has 0 spiro atoms. The third-order valence-electron chi connectivity index (χ3n) is 2.26. The van der Waals surface area contributed by atoms with Gasteiger partial charge in [0, 0.05) is 12.2 Å². The molecule has 0 aromatic heterocycles. The smallest absolute Gasteiger partial charge is 0.258 e. The molecule has 0 aliphatic rings. The van der Waals surface area contributed by atoms with E-state index in [0.717, 1.165) is 0 Å². The van der Waals surface area contributed by atoms with E-state index in [9.17, 15) is 9.90 Å². The van der Waals surface area contributed by atoms with Gasteiger partial charge in [-0.25, -0.2) is 0 Å². The van der Waals surface area contributed by atoms with Gasteiger partial charge >= 0.3 is 0 Å². The molecule has 0 saturated heterocycles. The highest BCUT2D eigenvalue weighted by Crippen LogP contribution is 2.12. The number of aliphatic hydroxyl groups is 1. The molecule has 0 heterocycles. The number of nitrogen functional groups attached to an aromatic ring is 1. The zero-order valence-corrected chi connectivity index (χ0v) is 9.85. The van der Waals surface area contributed by atoms with Gasteiger partial charge in [0.1, 0.15) is 5.75 Å². The molecule has 1 aromatic carbocycles. The molecule has 0 saturated carbocycles. The topological polar surface area (TPSA) is 84.6 Å². The van der Waals surface area contributed by atoms with Crippen LogP contribution >= 0.6 is 0 Å². The minimum atomic E-state index is -0.504. The van der Waals surface area contributed by atoms with Crippen LogP contribution < -0.4 is 15.8 Å². The Kier molecular flexibility index (Phi) is 5.29. The summed E-state index contributed by atoms with van der Waals surface area (Å²) in [6, 6.07) is 6.80. The van der Waals surface area contributed by atoms with Gasteiger partial charge in [0.2, 0.25) is 0 Å². The Morgan fingerprint density at radius 1 is 1.47 bits per heavy atom. The summed E-state index contributed by atoms with van der Waals surface area (Å²) in [6.45, 7) is 2.03. The molecule has 1 aromatic rings. The Bertz CT molecular complexity index is 351. The first kappa shape index (κ1) is 13.3. The number of benzene rings is 1. The second-order valence-electron chi connectivity index (χ2n) is 3.72. The van der Waals surface area contributed by atoms with Crippen LogP contribution in [0.2, 0.25) is 0 Å². The van der Waals surface area contributed by atoms with E-state index in [1.165, 1.54) is 0 Å². The summed E-state index contributed by atoms with van der Waals surface area (Å²) in [6.07, 6.45) is 0.106. The maximum absolute atomic E-state index is 11.3. The highest BCUT2D eigenvalue weighted by atomic mass is 16.5. The zero-order chi connectivity index (χ0) is 12.7. The number of anilines is 1. The lowest BCUT2D eigenvalue weighted by molar-refractivity contribution is -0.123. The highest BCUT2D eigenvalue weighted by molar-refractivity contribution is 5.77. The van der Waals surface area contributed by atoms with Crippen LogP contribution in [-0.4, -0.2) is 30.3 Å². The van der Waals surface area contributed by atoms with Crippen molar-refractivity contribution in [2.75, 3.05) is 18.9 Å². The Labute approximate surface area is 101 Å². The molecular weight excluding hydrogens is 220 g/mol. The molecule has 0 aliphatic carbocycles. The summed E-state index contributed by atoms with van der Waals surface area (Å²) in [5, 5.41) is 11.8. The minimum Gasteiger partial charge on any atom is -0.484 e. The molecule has 4 N–H and O–H groups in total. The van der Waals surface area contributed by atoms with Gasteiger partial charge in [0.25, 0.3) is 5.91 Å². The van der Waals surface area contributed by atoms with Crippen LogP contribution in [0, 0.1) is 0 Å². The number of carbonyl (C=O) groups excluding carboxylic acids is 1. The molecule has 0 fully saturated rings. The molecule has 17 heavy (non-hydrogen) atoms. The van der Waals surface area contributed by atoms with Crippen molar-refractivity contribution in [1.82, 2.24) is 5.32 Å². The van der Waals surface area contributed by atoms with Gasteiger partial charge < -0.3 is 20.9 Å². The summed E-state index contributed by atoms with van der Waals surface area (Å²) in [4.78, 5) is 11.3. The predicted octanol–water partition coefficient (Wildman–Crippen LogP) is 0.535. The Hall–Kier alpha value is -1.75. The van der Waals surface area contributed by atoms with E-state index in [1.807, 2.05) is 6.92 Å². The van der Waals surface area contributed by atoms with E-state index in [0.29, 0.717) is 17.9 Å². The second-order valence-corrected chi connectivity index (χ2v) is 3.72. The van der Waals surface area contributed by atoms with Crippen molar-refractivity contribution in [2.24, 2.45) is 0 Å². The molecule has 5 nitrogen and oxygen atoms in total. The summed E-state index contributed by atoms with van der Waals surface area (Å²) in [7, 11) is 0. The molecule has 1 rings (SSSR count). The van der Waals surface area contributed by atoms with E-state index in [1.54, 1.807) is 24.3 Å². The molecule has 5 heteroatoms. The number of nitrogens with two attached hydrogens (primary N) is 1. The van der Waals surface area contributed by atoms with E-state index < -0.39 is 6.10 Å². The van der Waals surface area contributed by atoms with Crippen LogP contribution in [0.1, 0.15) is 13.3 Å². The van der Waals surface area contributed by atoms with Crippen molar-refractivity contribution < 1.29 is 14.6 Å². The molecular formula is C12H18N2O3. The molecule has 1 amide bonds. The van der Waals surface area contributed by atoms with Crippen molar-refractivity contribution in [3.8, 4) is 5.75 Å². The van der Waals surface area contributed by atoms with Crippen LogP contribution in [0.4, 0.5) is 5.69 Å². The van der Waals surface area contributed by atoms with Crippen LogP contribution in [-0.2, 0) is 4.79 Å². The van der Waals surface area contributed by atoms with E-state index in [4.69, 9.17) is 10.5 Å². The lowest BCUT2D eigenvalue weighted by Crippen LogP contribution is -2.35. The number of hydrogen-bond acceptors (Lipinski definition) is 4. The number of aliphatic hydroxyl groups excluding tert-OH is 1. The lowest BCUT2D eigenvalue weighted by Gasteiger charge is -2.10. The van der Waals surface area contributed by atoms with Crippen molar-refractivity contribution in [3.05, 3.63) is 24.3 Å². The summed E-state index contributed by atoms with van der Waals surface area (Å²) >= 11 is 0. The predicted molar refractivity (Wildman–Crippen MR) is 65.7 cm³/mol. The van der Waals surface area contributed by atoms with Gasteiger partial charge in [-0.2, -0.15) is 0 Å². The van der Waals surface area contributed by atoms with Crippen molar-refractivity contribution >= 4 is 11.6 Å². The highest BCUT2D eigenvalue weighted by Gasteiger charge is 2.05. The average Bonchev–Trinajstić information content (AvgIpc) is 2.35. The number of ether oxygens (including phenoxy) is 1. The standard InChI is InChI=1S/C12H18N2O3/c1-2-10(15)7-14-12(16)8-17-11-5-3-9(13)4-6-11/h3-6,10,15H,2,7-8,13H2,1H3,(H,14,16). The Balaban J connectivity index is 2.26. The van der Waals surface area contributed by atoms with Gasteiger partial charge in [0.15, 0.2) is 6.61 Å². The number of nitrogens with one attached hydrogen (secondary N) is 1. The first-order valence-corrected chi connectivity index (χ1v) is 5.55. The summed E-state index contributed by atoms with van der Waals surface area (Å²) in [5.74, 6) is 0.333. The van der Waals surface area contributed by atoms with E-state index in [-0.39, 0.29) is 19.1 Å². The van der Waals surface area contributed by atoms with Crippen LogP contribution in [0.3, 0.4) is 0 Å².